The summed E-state index contributed by atoms with van der Waals surface area (Å²) < 4.78 is 4.94. The van der Waals surface area contributed by atoms with Gasteiger partial charge in [0.2, 0.25) is 0 Å². The summed E-state index contributed by atoms with van der Waals surface area (Å²) in [4.78, 5) is 29.6. The largest absolute Gasteiger partial charge is 0.469 e. The molecule has 0 aliphatic carbocycles. The lowest BCUT2D eigenvalue weighted by atomic mass is 9.99. The number of hydrogen-bond acceptors (Lipinski definition) is 5. The molecule has 0 fully saturated rings. The van der Waals surface area contributed by atoms with Gasteiger partial charge in [0.15, 0.2) is 0 Å². The topological polar surface area (TPSA) is 104 Å². The van der Waals surface area contributed by atoms with Crippen LogP contribution in [0.15, 0.2) is 30.8 Å². The monoisotopic (exact) mass is 564 g/mol. The molecule has 5 heterocycles. The number of fused-ring (bicyclic) bond motifs is 8. The number of aromatic nitrogens is 4. The zero-order chi connectivity index (χ0) is 30.3. The normalized spacial score (nSPS) is 13.2. The van der Waals surface area contributed by atoms with Gasteiger partial charge in [0.05, 0.1) is 36.5 Å². The van der Waals surface area contributed by atoms with Crippen molar-refractivity contribution in [3.05, 3.63) is 75.9 Å². The summed E-state index contributed by atoms with van der Waals surface area (Å²) in [5.74, 6) is -0.263. The second kappa shape index (κ2) is 11.6. The van der Waals surface area contributed by atoms with Crippen molar-refractivity contribution in [2.75, 3.05) is 13.7 Å². The molecule has 7 heteroatoms. The molecule has 0 atom stereocenters. The van der Waals surface area contributed by atoms with Crippen molar-refractivity contribution < 1.29 is 14.6 Å². The van der Waals surface area contributed by atoms with Gasteiger partial charge in [-0.2, -0.15) is 0 Å². The average molecular weight is 565 g/mol. The lowest BCUT2D eigenvalue weighted by molar-refractivity contribution is -0.140. The second-order valence-electron chi connectivity index (χ2n) is 11.1. The number of carbonyl (C=O) groups is 1. The molecular formula is C35H40N4O3. The van der Waals surface area contributed by atoms with E-state index in [1.165, 1.54) is 23.8 Å². The van der Waals surface area contributed by atoms with E-state index in [1.807, 2.05) is 19.9 Å². The summed E-state index contributed by atoms with van der Waals surface area (Å²) in [6, 6.07) is 8.38. The number of allylic oxidation sites excluding steroid dienone is 4. The minimum atomic E-state index is -0.263. The van der Waals surface area contributed by atoms with Crippen LogP contribution in [-0.2, 0) is 16.0 Å². The van der Waals surface area contributed by atoms with Gasteiger partial charge in [0, 0.05) is 34.1 Å². The van der Waals surface area contributed by atoms with Crippen LogP contribution in [0.5, 0.6) is 0 Å². The standard InChI is InChI=1S/C35H40N4O3/c1-9-23-19(4)26-13-27-21(6)25(11-12-34(41)42-8)32(38-27)16-33-35(18(3)17-40)22(7)29(39-33)15-31-24(10-2)20(5)28(37-31)14-30(23)36-26/h13-16,37,39-40H,3,9-12,17H2,1-2,4-8H3. The molecule has 0 saturated carbocycles. The summed E-state index contributed by atoms with van der Waals surface area (Å²) in [5, 5.41) is 10.1. The van der Waals surface area contributed by atoms with Crippen LogP contribution in [0.1, 0.15) is 92.0 Å². The molecule has 8 bridgehead atoms. The number of carbonyl (C=O) groups excluding carboxylic acids is 1. The van der Waals surface area contributed by atoms with E-state index in [9.17, 15) is 9.90 Å². The highest BCUT2D eigenvalue weighted by Crippen LogP contribution is 2.38. The van der Waals surface area contributed by atoms with Crippen LogP contribution >= 0.6 is 0 Å². The SMILES string of the molecule is C=C(CO)c1c(C)c2cc3[nH]c(cc4nc(cc5nc(cc1[nH]2)C(CCC(=O)OC)=C5C)C(C)=C4CC)c(C)c3CC. The third-order valence-electron chi connectivity index (χ3n) is 8.73. The number of aliphatic hydroxyl groups is 1. The third-order valence-corrected chi connectivity index (χ3v) is 8.73. The first-order chi connectivity index (χ1) is 20.1. The number of nitrogens with one attached hydrogen (secondary N) is 2. The van der Waals surface area contributed by atoms with E-state index in [1.54, 1.807) is 0 Å². The van der Waals surface area contributed by atoms with Crippen molar-refractivity contribution in [2.45, 2.75) is 67.2 Å². The van der Waals surface area contributed by atoms with Crippen molar-refractivity contribution in [1.29, 1.82) is 0 Å². The zero-order valence-electron chi connectivity index (χ0n) is 25.7. The molecule has 2 aliphatic heterocycles. The van der Waals surface area contributed by atoms with Crippen molar-refractivity contribution in [2.24, 2.45) is 0 Å². The maximum absolute atomic E-state index is 12.1. The Hall–Kier alpha value is -4.23. The fourth-order valence-corrected chi connectivity index (χ4v) is 6.24. The third kappa shape index (κ3) is 5.02. The molecule has 3 aromatic heterocycles. The highest BCUT2D eigenvalue weighted by Gasteiger charge is 2.22. The molecular weight excluding hydrogens is 524 g/mol. The van der Waals surface area contributed by atoms with Gasteiger partial charge in [0.1, 0.15) is 0 Å². The second-order valence-corrected chi connectivity index (χ2v) is 11.1. The first-order valence-electron chi connectivity index (χ1n) is 14.6. The minimum absolute atomic E-state index is 0.161. The molecule has 42 heavy (non-hydrogen) atoms. The van der Waals surface area contributed by atoms with Crippen LogP contribution in [0.25, 0.3) is 49.9 Å². The van der Waals surface area contributed by atoms with E-state index in [0.717, 1.165) is 85.5 Å². The number of esters is 1. The molecule has 0 saturated heterocycles. The number of H-pyrrole nitrogens is 2. The number of methoxy groups -OCH3 is 1. The van der Waals surface area contributed by atoms with E-state index in [4.69, 9.17) is 14.7 Å². The highest BCUT2D eigenvalue weighted by atomic mass is 16.5. The number of ether oxygens (including phenoxy) is 1. The Morgan fingerprint density at radius 1 is 0.810 bits per heavy atom. The first kappa shape index (κ1) is 29.3. The number of aromatic amines is 2. The maximum Gasteiger partial charge on any atom is 0.305 e. The van der Waals surface area contributed by atoms with Crippen LogP contribution in [-0.4, -0.2) is 44.7 Å². The van der Waals surface area contributed by atoms with Crippen molar-refractivity contribution >= 4 is 55.9 Å². The van der Waals surface area contributed by atoms with Gasteiger partial charge in [-0.15, -0.1) is 0 Å². The Balaban J connectivity index is 1.95. The van der Waals surface area contributed by atoms with Crippen LogP contribution < -0.4 is 0 Å². The Labute approximate surface area is 247 Å². The van der Waals surface area contributed by atoms with Crippen LogP contribution in [0, 0.1) is 13.8 Å². The Morgan fingerprint density at radius 2 is 1.40 bits per heavy atom. The van der Waals surface area contributed by atoms with Crippen molar-refractivity contribution in [3.63, 3.8) is 0 Å². The number of aryl methyl sites for hydroxylation is 3. The van der Waals surface area contributed by atoms with E-state index in [0.29, 0.717) is 12.0 Å². The summed E-state index contributed by atoms with van der Waals surface area (Å²) >= 11 is 0. The highest BCUT2D eigenvalue weighted by molar-refractivity contribution is 5.97. The molecule has 0 unspecified atom stereocenters. The van der Waals surface area contributed by atoms with Gasteiger partial charge < -0.3 is 19.8 Å². The van der Waals surface area contributed by atoms with Gasteiger partial charge >= 0.3 is 5.97 Å². The van der Waals surface area contributed by atoms with Crippen molar-refractivity contribution in [3.8, 4) is 0 Å². The van der Waals surface area contributed by atoms with Crippen LogP contribution in [0.4, 0.5) is 0 Å². The summed E-state index contributed by atoms with van der Waals surface area (Å²) in [6.45, 7) is 16.7. The number of aliphatic hydroxyl groups excluding tert-OH is 1. The maximum atomic E-state index is 12.1. The zero-order valence-corrected chi connectivity index (χ0v) is 25.7. The van der Waals surface area contributed by atoms with Crippen LogP contribution in [0.3, 0.4) is 0 Å². The predicted octanol–water partition coefficient (Wildman–Crippen LogP) is 7.72. The van der Waals surface area contributed by atoms with Gasteiger partial charge in [-0.3, -0.25) is 4.79 Å². The Morgan fingerprint density at radius 3 is 2.02 bits per heavy atom. The van der Waals surface area contributed by atoms with Crippen LogP contribution in [0.2, 0.25) is 0 Å². The molecule has 0 aromatic carbocycles. The van der Waals surface area contributed by atoms with Gasteiger partial charge in [-0.05, 0) is 116 Å². The molecule has 3 aromatic rings. The van der Waals surface area contributed by atoms with E-state index in [-0.39, 0.29) is 19.0 Å². The quantitative estimate of drug-likeness (QED) is 0.255. The molecule has 3 N–H and O–H groups in total. The fourth-order valence-electron chi connectivity index (χ4n) is 6.24. The van der Waals surface area contributed by atoms with E-state index >= 15 is 0 Å². The molecule has 7 nitrogen and oxygen atoms in total. The fraction of sp³-hybridized carbons (Fsp3) is 0.343. The average Bonchev–Trinajstić information content (AvgIpc) is 3.64. The summed E-state index contributed by atoms with van der Waals surface area (Å²) in [6.07, 6.45) is 2.50. The molecule has 2 aliphatic rings. The van der Waals surface area contributed by atoms with Crippen molar-refractivity contribution in [1.82, 2.24) is 19.9 Å². The smallest absolute Gasteiger partial charge is 0.305 e. The molecule has 0 amide bonds. The number of hydrogen-bond donors (Lipinski definition) is 3. The van der Waals surface area contributed by atoms with E-state index in [2.05, 4.69) is 62.4 Å². The van der Waals surface area contributed by atoms with Gasteiger partial charge in [0.25, 0.3) is 0 Å². The number of rotatable bonds is 7. The van der Waals surface area contributed by atoms with Gasteiger partial charge in [-0.25, -0.2) is 9.97 Å². The summed E-state index contributed by atoms with van der Waals surface area (Å²) in [5.41, 5.74) is 16.6. The molecule has 5 rings (SSSR count). The number of nitrogens with zero attached hydrogens (tertiary/aromatic N) is 2. The first-order valence-corrected chi connectivity index (χ1v) is 14.6. The Bertz CT molecular complexity index is 1850. The molecule has 0 radical (unpaired) electrons. The lowest BCUT2D eigenvalue weighted by Crippen LogP contribution is -2.00. The molecule has 218 valence electrons. The van der Waals surface area contributed by atoms with Gasteiger partial charge in [-0.1, -0.05) is 20.4 Å². The lowest BCUT2D eigenvalue weighted by Gasteiger charge is -2.05. The Kier molecular flexibility index (Phi) is 8.06. The predicted molar refractivity (Wildman–Crippen MR) is 172 cm³/mol. The van der Waals surface area contributed by atoms with E-state index < -0.39 is 0 Å². The summed E-state index contributed by atoms with van der Waals surface area (Å²) in [7, 11) is 1.41. The molecule has 0 spiro atoms. The minimum Gasteiger partial charge on any atom is -0.469 e.